The second-order valence-electron chi connectivity index (χ2n) is 5.42. The van der Waals surface area contributed by atoms with Crippen LogP contribution in [0.5, 0.6) is 5.75 Å². The van der Waals surface area contributed by atoms with Gasteiger partial charge in [-0.25, -0.2) is 4.39 Å². The number of Topliss-reactive ketones (excluding diaryl/α,β-unsaturated/α-hetero) is 1. The monoisotopic (exact) mass is 281 g/mol. The zero-order valence-corrected chi connectivity index (χ0v) is 12.5. The number of benzene rings is 1. The number of carbonyl (C=O) groups is 1. The molecule has 2 N–H and O–H groups in total. The molecule has 1 aromatic rings. The molecular weight excluding hydrogens is 257 g/mol. The lowest BCUT2D eigenvalue weighted by Crippen LogP contribution is -2.17. The lowest BCUT2D eigenvalue weighted by molar-refractivity contribution is -0.121. The van der Waals surface area contributed by atoms with E-state index in [-0.39, 0.29) is 29.9 Å². The van der Waals surface area contributed by atoms with Gasteiger partial charge in [-0.15, -0.1) is 0 Å². The Hall–Kier alpha value is -1.42. The highest BCUT2D eigenvalue weighted by atomic mass is 19.1. The van der Waals surface area contributed by atoms with Crippen molar-refractivity contribution in [3.63, 3.8) is 0 Å². The maximum absolute atomic E-state index is 13.5. The van der Waals surface area contributed by atoms with E-state index in [4.69, 9.17) is 10.5 Å². The van der Waals surface area contributed by atoms with Crippen LogP contribution in [0.2, 0.25) is 0 Å². The van der Waals surface area contributed by atoms with Gasteiger partial charge >= 0.3 is 0 Å². The molecule has 0 aliphatic carbocycles. The van der Waals surface area contributed by atoms with Crippen molar-refractivity contribution in [1.82, 2.24) is 0 Å². The first-order valence-corrected chi connectivity index (χ1v) is 7.04. The molecule has 0 fully saturated rings. The van der Waals surface area contributed by atoms with Crippen LogP contribution in [-0.4, -0.2) is 18.9 Å². The smallest absolute Gasteiger partial charge is 0.165 e. The van der Waals surface area contributed by atoms with Crippen molar-refractivity contribution in [3.05, 3.63) is 29.6 Å². The van der Waals surface area contributed by atoms with E-state index in [1.165, 1.54) is 13.2 Å². The van der Waals surface area contributed by atoms with Gasteiger partial charge in [-0.2, -0.15) is 0 Å². The second kappa shape index (κ2) is 8.00. The number of carbonyl (C=O) groups excluding carboxylic acids is 1. The van der Waals surface area contributed by atoms with Crippen LogP contribution in [0.3, 0.4) is 0 Å². The van der Waals surface area contributed by atoms with Crippen molar-refractivity contribution in [2.24, 2.45) is 11.7 Å². The van der Waals surface area contributed by atoms with E-state index in [0.29, 0.717) is 5.56 Å². The Balaban J connectivity index is 2.50. The fourth-order valence-electron chi connectivity index (χ4n) is 2.10. The third-order valence-corrected chi connectivity index (χ3v) is 3.44. The van der Waals surface area contributed by atoms with E-state index in [9.17, 15) is 9.18 Å². The van der Waals surface area contributed by atoms with Crippen molar-refractivity contribution in [2.75, 3.05) is 7.11 Å². The van der Waals surface area contributed by atoms with E-state index >= 15 is 0 Å². The highest BCUT2D eigenvalue weighted by molar-refractivity contribution is 5.82. The predicted molar refractivity (Wildman–Crippen MR) is 78.3 cm³/mol. The molecule has 0 amide bonds. The molecule has 20 heavy (non-hydrogen) atoms. The first kappa shape index (κ1) is 16.6. The highest BCUT2D eigenvalue weighted by Crippen LogP contribution is 2.19. The molecule has 2 atom stereocenters. The summed E-state index contributed by atoms with van der Waals surface area (Å²) < 4.78 is 18.4. The average Bonchev–Trinajstić information content (AvgIpc) is 2.38. The summed E-state index contributed by atoms with van der Waals surface area (Å²) in [5, 5.41) is 0. The Morgan fingerprint density at radius 3 is 2.60 bits per heavy atom. The van der Waals surface area contributed by atoms with Gasteiger partial charge in [0.2, 0.25) is 0 Å². The molecule has 4 heteroatoms. The van der Waals surface area contributed by atoms with Gasteiger partial charge in [-0.1, -0.05) is 19.4 Å². The average molecular weight is 281 g/mol. The van der Waals surface area contributed by atoms with Gasteiger partial charge in [-0.05, 0) is 37.5 Å². The van der Waals surface area contributed by atoms with Crippen LogP contribution in [0, 0.1) is 11.7 Å². The molecule has 0 radical (unpaired) electrons. The van der Waals surface area contributed by atoms with Crippen LogP contribution in [-0.2, 0) is 11.2 Å². The quantitative estimate of drug-likeness (QED) is 0.796. The summed E-state index contributed by atoms with van der Waals surface area (Å²) in [7, 11) is 1.42. The summed E-state index contributed by atoms with van der Waals surface area (Å²) in [5.74, 6) is -0.105. The van der Waals surface area contributed by atoms with E-state index in [1.807, 2.05) is 13.8 Å². The van der Waals surface area contributed by atoms with E-state index in [1.54, 1.807) is 12.1 Å². The number of rotatable bonds is 8. The molecular formula is C16H24FNO2. The molecule has 0 spiro atoms. The zero-order valence-electron chi connectivity index (χ0n) is 12.5. The molecule has 0 saturated carbocycles. The van der Waals surface area contributed by atoms with Gasteiger partial charge in [0.25, 0.3) is 0 Å². The van der Waals surface area contributed by atoms with Gasteiger partial charge in [0, 0.05) is 18.4 Å². The number of methoxy groups -OCH3 is 1. The molecule has 1 aromatic carbocycles. The van der Waals surface area contributed by atoms with Crippen LogP contribution >= 0.6 is 0 Å². The lowest BCUT2D eigenvalue weighted by Gasteiger charge is -2.12. The number of hydrogen-bond acceptors (Lipinski definition) is 3. The van der Waals surface area contributed by atoms with Crippen LogP contribution < -0.4 is 10.5 Å². The Kier molecular flexibility index (Phi) is 6.65. The zero-order chi connectivity index (χ0) is 15.1. The maximum Gasteiger partial charge on any atom is 0.165 e. The molecule has 3 nitrogen and oxygen atoms in total. The SMILES string of the molecule is COc1ccc(CC(=O)C(C)CCCC(C)N)cc1F. The fourth-order valence-corrected chi connectivity index (χ4v) is 2.10. The number of ether oxygens (including phenoxy) is 1. The fraction of sp³-hybridized carbons (Fsp3) is 0.562. The Bertz CT molecular complexity index is 446. The summed E-state index contributed by atoms with van der Waals surface area (Å²) in [6.07, 6.45) is 2.97. The standard InChI is InChI=1S/C16H24FNO2/c1-11(5-4-6-12(2)18)15(19)10-13-7-8-16(20-3)14(17)9-13/h7-9,11-12H,4-6,10,18H2,1-3H3. The van der Waals surface area contributed by atoms with Crippen molar-refractivity contribution in [3.8, 4) is 5.75 Å². The highest BCUT2D eigenvalue weighted by Gasteiger charge is 2.14. The van der Waals surface area contributed by atoms with E-state index in [0.717, 1.165) is 19.3 Å². The topological polar surface area (TPSA) is 52.3 Å². The molecule has 1 rings (SSSR count). The minimum Gasteiger partial charge on any atom is -0.494 e. The Morgan fingerprint density at radius 2 is 2.05 bits per heavy atom. The summed E-state index contributed by atoms with van der Waals surface area (Å²) in [6, 6.07) is 4.83. The maximum atomic E-state index is 13.5. The van der Waals surface area contributed by atoms with E-state index < -0.39 is 5.82 Å². The van der Waals surface area contributed by atoms with Crippen LogP contribution in [0.25, 0.3) is 0 Å². The largest absolute Gasteiger partial charge is 0.494 e. The third-order valence-electron chi connectivity index (χ3n) is 3.44. The van der Waals surface area contributed by atoms with Crippen LogP contribution in [0.1, 0.15) is 38.7 Å². The molecule has 112 valence electrons. The molecule has 2 unspecified atom stereocenters. The van der Waals surface area contributed by atoms with Crippen LogP contribution in [0.15, 0.2) is 18.2 Å². The van der Waals surface area contributed by atoms with Crippen molar-refractivity contribution in [2.45, 2.75) is 45.6 Å². The van der Waals surface area contributed by atoms with Gasteiger partial charge in [0.05, 0.1) is 7.11 Å². The minimum absolute atomic E-state index is 0.0149. The Labute approximate surface area is 120 Å². The molecule has 0 aromatic heterocycles. The molecule has 0 aliphatic rings. The number of nitrogens with two attached hydrogens (primary N) is 1. The predicted octanol–water partition coefficient (Wildman–Crippen LogP) is 3.10. The third kappa shape index (κ3) is 5.29. The van der Waals surface area contributed by atoms with Crippen molar-refractivity contribution in [1.29, 1.82) is 0 Å². The molecule has 0 aliphatic heterocycles. The van der Waals surface area contributed by atoms with E-state index in [2.05, 4.69) is 0 Å². The molecule has 0 bridgehead atoms. The summed E-state index contributed by atoms with van der Waals surface area (Å²) >= 11 is 0. The summed E-state index contributed by atoms with van der Waals surface area (Å²) in [4.78, 5) is 12.1. The number of hydrogen-bond donors (Lipinski definition) is 1. The first-order valence-electron chi connectivity index (χ1n) is 7.04. The normalized spacial score (nSPS) is 13.8. The van der Waals surface area contributed by atoms with Crippen molar-refractivity contribution < 1.29 is 13.9 Å². The minimum atomic E-state index is -0.428. The number of ketones is 1. The number of halogens is 1. The first-order chi connectivity index (χ1) is 9.43. The summed E-state index contributed by atoms with van der Waals surface area (Å²) in [5.41, 5.74) is 6.37. The Morgan fingerprint density at radius 1 is 1.35 bits per heavy atom. The van der Waals surface area contributed by atoms with Crippen LogP contribution in [0.4, 0.5) is 4.39 Å². The van der Waals surface area contributed by atoms with Gasteiger partial charge in [0.1, 0.15) is 5.78 Å². The second-order valence-corrected chi connectivity index (χ2v) is 5.42. The van der Waals surface area contributed by atoms with Gasteiger partial charge < -0.3 is 10.5 Å². The van der Waals surface area contributed by atoms with Gasteiger partial charge in [0.15, 0.2) is 11.6 Å². The summed E-state index contributed by atoms with van der Waals surface area (Å²) in [6.45, 7) is 3.88. The molecule has 0 saturated heterocycles. The molecule has 0 heterocycles. The van der Waals surface area contributed by atoms with Crippen molar-refractivity contribution >= 4 is 5.78 Å². The van der Waals surface area contributed by atoms with Gasteiger partial charge in [-0.3, -0.25) is 4.79 Å². The lowest BCUT2D eigenvalue weighted by atomic mass is 9.94.